The Bertz CT molecular complexity index is 712. The molecule has 0 aliphatic heterocycles. The second kappa shape index (κ2) is 10.6. The number of nitrogens with one attached hydrogen (secondary N) is 2. The number of amides is 1. The normalized spacial score (nSPS) is 10.2. The van der Waals surface area contributed by atoms with Gasteiger partial charge < -0.3 is 10.1 Å². The van der Waals surface area contributed by atoms with Gasteiger partial charge in [0.25, 0.3) is 5.91 Å². The molecule has 5 heteroatoms. The summed E-state index contributed by atoms with van der Waals surface area (Å²) in [6.07, 6.45) is 4.39. The zero-order valence-corrected chi connectivity index (χ0v) is 16.2. The van der Waals surface area contributed by atoms with Crippen LogP contribution < -0.4 is 15.4 Å². The maximum atomic E-state index is 12.3. The maximum Gasteiger partial charge on any atom is 0.257 e. The van der Waals surface area contributed by atoms with Crippen molar-refractivity contribution in [3.8, 4) is 5.75 Å². The summed E-state index contributed by atoms with van der Waals surface area (Å²) in [4.78, 5) is 12.3. The van der Waals surface area contributed by atoms with E-state index in [-0.39, 0.29) is 11.0 Å². The number of aryl methyl sites for hydroxylation is 1. The Morgan fingerprint density at radius 2 is 1.69 bits per heavy atom. The summed E-state index contributed by atoms with van der Waals surface area (Å²) in [5.41, 5.74) is 2.70. The van der Waals surface area contributed by atoms with Crippen LogP contribution in [-0.2, 0) is 6.42 Å². The molecule has 0 atom stereocenters. The fraction of sp³-hybridized carbons (Fsp3) is 0.333. The molecule has 1 amide bonds. The molecule has 0 saturated carbocycles. The number of rotatable bonds is 8. The zero-order chi connectivity index (χ0) is 18.8. The van der Waals surface area contributed by atoms with Gasteiger partial charge in [0.2, 0.25) is 0 Å². The van der Waals surface area contributed by atoms with Crippen molar-refractivity contribution in [2.24, 2.45) is 0 Å². The first-order valence-corrected chi connectivity index (χ1v) is 9.47. The van der Waals surface area contributed by atoms with E-state index in [1.54, 1.807) is 24.3 Å². The molecule has 26 heavy (non-hydrogen) atoms. The van der Waals surface area contributed by atoms with E-state index in [0.717, 1.165) is 24.3 Å². The minimum atomic E-state index is -0.246. The number of carbonyl (C=O) groups excluding carboxylic acids is 1. The Morgan fingerprint density at radius 3 is 2.31 bits per heavy atom. The van der Waals surface area contributed by atoms with Crippen LogP contribution in [0.2, 0.25) is 0 Å². The number of thiocarbonyl (C=S) groups is 1. The number of benzene rings is 2. The van der Waals surface area contributed by atoms with Crippen LogP contribution in [0.3, 0.4) is 0 Å². The Morgan fingerprint density at radius 1 is 1.00 bits per heavy atom. The Hall–Kier alpha value is -2.40. The van der Waals surface area contributed by atoms with E-state index in [2.05, 4.69) is 36.6 Å². The highest BCUT2D eigenvalue weighted by atomic mass is 32.1. The van der Waals surface area contributed by atoms with E-state index < -0.39 is 0 Å². The fourth-order valence-corrected chi connectivity index (χ4v) is 2.61. The number of hydrogen-bond acceptors (Lipinski definition) is 3. The van der Waals surface area contributed by atoms with Gasteiger partial charge >= 0.3 is 0 Å². The largest absolute Gasteiger partial charge is 0.494 e. The molecule has 4 nitrogen and oxygen atoms in total. The average molecular weight is 371 g/mol. The monoisotopic (exact) mass is 370 g/mol. The van der Waals surface area contributed by atoms with Crippen LogP contribution >= 0.6 is 12.2 Å². The van der Waals surface area contributed by atoms with Crippen LogP contribution in [0.1, 0.15) is 49.0 Å². The van der Waals surface area contributed by atoms with Gasteiger partial charge in [-0.2, -0.15) is 0 Å². The molecule has 2 aromatic rings. The van der Waals surface area contributed by atoms with Crippen molar-refractivity contribution in [1.82, 2.24) is 5.32 Å². The third kappa shape index (κ3) is 6.48. The lowest BCUT2D eigenvalue weighted by Gasteiger charge is -2.11. The standard InChI is InChI=1S/C21H26N2O2S/c1-3-5-6-16-7-11-18(12-8-16)22-21(26)23-20(24)17-9-13-19(14-10-17)25-15-4-2/h7-14H,3-6,15H2,1-2H3,(H2,22,23,24,26). The number of anilines is 1. The van der Waals surface area contributed by atoms with E-state index >= 15 is 0 Å². The summed E-state index contributed by atoms with van der Waals surface area (Å²) in [5, 5.41) is 6.02. The van der Waals surface area contributed by atoms with Crippen molar-refractivity contribution >= 4 is 28.9 Å². The first-order valence-electron chi connectivity index (χ1n) is 9.06. The van der Waals surface area contributed by atoms with E-state index in [4.69, 9.17) is 17.0 Å². The molecule has 0 spiro atoms. The Labute approximate surface area is 161 Å². The zero-order valence-electron chi connectivity index (χ0n) is 15.4. The summed E-state index contributed by atoms with van der Waals surface area (Å²) < 4.78 is 5.51. The van der Waals surface area contributed by atoms with Gasteiger partial charge in [0, 0.05) is 11.3 Å². The first kappa shape index (κ1) is 19.9. The lowest BCUT2D eigenvalue weighted by Crippen LogP contribution is -2.34. The number of hydrogen-bond donors (Lipinski definition) is 2. The van der Waals surface area contributed by atoms with Crippen molar-refractivity contribution < 1.29 is 9.53 Å². The topological polar surface area (TPSA) is 50.4 Å². The van der Waals surface area contributed by atoms with E-state index in [1.807, 2.05) is 12.1 Å². The van der Waals surface area contributed by atoms with Gasteiger partial charge in [0.1, 0.15) is 5.75 Å². The Balaban J connectivity index is 1.85. The predicted octanol–water partition coefficient (Wildman–Crippen LogP) is 4.94. The van der Waals surface area contributed by atoms with Crippen molar-refractivity contribution in [1.29, 1.82) is 0 Å². The lowest BCUT2D eigenvalue weighted by atomic mass is 10.1. The summed E-state index contributed by atoms with van der Waals surface area (Å²) >= 11 is 5.23. The number of unbranched alkanes of at least 4 members (excludes halogenated alkanes) is 1. The summed E-state index contributed by atoms with van der Waals surface area (Å²) in [7, 11) is 0. The molecule has 0 aromatic heterocycles. The van der Waals surface area contributed by atoms with Gasteiger partial charge in [-0.15, -0.1) is 0 Å². The van der Waals surface area contributed by atoms with Crippen LogP contribution in [0.25, 0.3) is 0 Å². The molecule has 0 radical (unpaired) electrons. The minimum Gasteiger partial charge on any atom is -0.494 e. The van der Waals surface area contributed by atoms with Gasteiger partial charge in [0.15, 0.2) is 5.11 Å². The molecule has 0 bridgehead atoms. The smallest absolute Gasteiger partial charge is 0.257 e. The molecule has 2 rings (SSSR count). The van der Waals surface area contributed by atoms with Crippen LogP contribution in [0, 0.1) is 0 Å². The van der Waals surface area contributed by atoms with Gasteiger partial charge in [-0.25, -0.2) is 0 Å². The molecule has 0 heterocycles. The van der Waals surface area contributed by atoms with Gasteiger partial charge in [0.05, 0.1) is 6.61 Å². The predicted molar refractivity (Wildman–Crippen MR) is 111 cm³/mol. The van der Waals surface area contributed by atoms with Crippen LogP contribution in [-0.4, -0.2) is 17.6 Å². The fourth-order valence-electron chi connectivity index (χ4n) is 2.40. The summed E-state index contributed by atoms with van der Waals surface area (Å²) in [5.74, 6) is 0.511. The van der Waals surface area contributed by atoms with Crippen molar-refractivity contribution in [2.75, 3.05) is 11.9 Å². The highest BCUT2D eigenvalue weighted by Crippen LogP contribution is 2.13. The minimum absolute atomic E-state index is 0.246. The second-order valence-electron chi connectivity index (χ2n) is 6.08. The molecule has 2 aromatic carbocycles. The highest BCUT2D eigenvalue weighted by molar-refractivity contribution is 7.80. The van der Waals surface area contributed by atoms with E-state index in [9.17, 15) is 4.79 Å². The molecule has 0 aliphatic rings. The SMILES string of the molecule is CCCCc1ccc(NC(=S)NC(=O)c2ccc(OCCC)cc2)cc1. The molecular weight excluding hydrogens is 344 g/mol. The molecule has 0 unspecified atom stereocenters. The molecular formula is C21H26N2O2S. The van der Waals surface area contributed by atoms with Crippen LogP contribution in [0.4, 0.5) is 5.69 Å². The third-order valence-electron chi connectivity index (χ3n) is 3.85. The summed E-state index contributed by atoms with van der Waals surface area (Å²) in [6.45, 7) is 4.90. The molecule has 0 fully saturated rings. The maximum absolute atomic E-state index is 12.3. The molecule has 138 valence electrons. The van der Waals surface area contributed by atoms with E-state index in [0.29, 0.717) is 12.2 Å². The van der Waals surface area contributed by atoms with Gasteiger partial charge in [-0.1, -0.05) is 32.4 Å². The van der Waals surface area contributed by atoms with Crippen molar-refractivity contribution in [2.45, 2.75) is 39.5 Å². The van der Waals surface area contributed by atoms with Crippen molar-refractivity contribution in [3.63, 3.8) is 0 Å². The highest BCUT2D eigenvalue weighted by Gasteiger charge is 2.08. The van der Waals surface area contributed by atoms with E-state index in [1.165, 1.54) is 18.4 Å². The van der Waals surface area contributed by atoms with Crippen LogP contribution in [0.15, 0.2) is 48.5 Å². The first-order chi connectivity index (χ1) is 12.6. The summed E-state index contributed by atoms with van der Waals surface area (Å²) in [6, 6.07) is 15.1. The number of ether oxygens (including phenoxy) is 1. The molecule has 0 aliphatic carbocycles. The molecule has 2 N–H and O–H groups in total. The van der Waals surface area contributed by atoms with Gasteiger partial charge in [-0.3, -0.25) is 10.1 Å². The lowest BCUT2D eigenvalue weighted by molar-refractivity contribution is 0.0977. The van der Waals surface area contributed by atoms with Crippen molar-refractivity contribution in [3.05, 3.63) is 59.7 Å². The molecule has 0 saturated heterocycles. The Kier molecular flexibility index (Phi) is 8.09. The average Bonchev–Trinajstić information content (AvgIpc) is 2.66. The number of carbonyl (C=O) groups is 1. The third-order valence-corrected chi connectivity index (χ3v) is 4.05. The quantitative estimate of drug-likeness (QED) is 0.646. The van der Waals surface area contributed by atoms with Gasteiger partial charge in [-0.05, 0) is 73.4 Å². The second-order valence-corrected chi connectivity index (χ2v) is 6.49. The van der Waals surface area contributed by atoms with Crippen LogP contribution in [0.5, 0.6) is 5.75 Å².